The summed E-state index contributed by atoms with van der Waals surface area (Å²) in [6.07, 6.45) is -9.44. The lowest BCUT2D eigenvalue weighted by molar-refractivity contribution is -0.156. The van der Waals surface area contributed by atoms with Crippen molar-refractivity contribution in [3.63, 3.8) is 0 Å². The third kappa shape index (κ3) is 3.67. The van der Waals surface area contributed by atoms with Gasteiger partial charge in [0.05, 0.1) is 6.61 Å². The van der Waals surface area contributed by atoms with Gasteiger partial charge in [0.25, 0.3) is 5.91 Å². The van der Waals surface area contributed by atoms with Gasteiger partial charge >= 0.3 is 0 Å². The number of amides is 1. The van der Waals surface area contributed by atoms with E-state index in [-0.39, 0.29) is 0 Å². The first-order valence-corrected chi connectivity index (χ1v) is 4.59. The molecule has 96 valence electrons. The SMILES string of the molecule is CNC(=O)[C@H](O)[C@H](O)[C@@H](O)[C@H](O)[C@H](O)CO. The molecule has 0 saturated carbocycles. The monoisotopic (exact) mass is 239 g/mol. The van der Waals surface area contributed by atoms with Gasteiger partial charge in [-0.3, -0.25) is 4.79 Å². The first-order valence-electron chi connectivity index (χ1n) is 4.59. The van der Waals surface area contributed by atoms with E-state index in [9.17, 15) is 25.2 Å². The van der Waals surface area contributed by atoms with Crippen molar-refractivity contribution in [3.8, 4) is 0 Å². The lowest BCUT2D eigenvalue weighted by Crippen LogP contribution is -2.53. The van der Waals surface area contributed by atoms with Crippen molar-refractivity contribution >= 4 is 5.91 Å². The highest BCUT2D eigenvalue weighted by molar-refractivity contribution is 5.80. The summed E-state index contributed by atoms with van der Waals surface area (Å²) >= 11 is 0. The van der Waals surface area contributed by atoms with Gasteiger partial charge in [0.2, 0.25) is 0 Å². The molecule has 0 spiro atoms. The Bertz CT molecular complexity index is 224. The third-order valence-corrected chi connectivity index (χ3v) is 2.12. The second-order valence-corrected chi connectivity index (χ2v) is 3.28. The molecule has 0 aromatic carbocycles. The fourth-order valence-electron chi connectivity index (χ4n) is 1.03. The van der Waals surface area contributed by atoms with E-state index < -0.39 is 43.0 Å². The summed E-state index contributed by atoms with van der Waals surface area (Å²) in [4.78, 5) is 10.9. The average Bonchev–Trinajstić information content (AvgIpc) is 2.32. The van der Waals surface area contributed by atoms with Gasteiger partial charge in [0, 0.05) is 7.05 Å². The van der Waals surface area contributed by atoms with E-state index >= 15 is 0 Å². The van der Waals surface area contributed by atoms with Crippen LogP contribution in [0.5, 0.6) is 0 Å². The number of carbonyl (C=O) groups is 1. The van der Waals surface area contributed by atoms with Gasteiger partial charge in [-0.25, -0.2) is 0 Å². The van der Waals surface area contributed by atoms with Gasteiger partial charge in [-0.1, -0.05) is 0 Å². The predicted molar refractivity (Wildman–Crippen MR) is 51.2 cm³/mol. The van der Waals surface area contributed by atoms with Crippen molar-refractivity contribution in [2.45, 2.75) is 30.5 Å². The first-order chi connectivity index (χ1) is 7.36. The topological polar surface area (TPSA) is 150 Å². The van der Waals surface area contributed by atoms with Crippen molar-refractivity contribution in [3.05, 3.63) is 0 Å². The van der Waals surface area contributed by atoms with Crippen LogP contribution in [0.4, 0.5) is 0 Å². The normalized spacial score (nSPS) is 20.7. The molecule has 0 unspecified atom stereocenters. The lowest BCUT2D eigenvalue weighted by Gasteiger charge is -2.27. The maximum Gasteiger partial charge on any atom is 0.251 e. The van der Waals surface area contributed by atoms with Gasteiger partial charge in [-0.05, 0) is 0 Å². The molecule has 0 bridgehead atoms. The van der Waals surface area contributed by atoms with E-state index in [1.54, 1.807) is 0 Å². The molecule has 0 heterocycles. The van der Waals surface area contributed by atoms with Crippen LogP contribution >= 0.6 is 0 Å². The molecule has 0 aliphatic carbocycles. The molecule has 0 aromatic heterocycles. The zero-order valence-electron chi connectivity index (χ0n) is 8.69. The molecular formula is C8H17NO7. The summed E-state index contributed by atoms with van der Waals surface area (Å²) in [6, 6.07) is 0. The largest absolute Gasteiger partial charge is 0.394 e. The minimum Gasteiger partial charge on any atom is -0.394 e. The van der Waals surface area contributed by atoms with E-state index in [1.165, 1.54) is 7.05 Å². The minimum absolute atomic E-state index is 0.832. The summed E-state index contributed by atoms with van der Waals surface area (Å²) in [5, 5.41) is 56.4. The van der Waals surface area contributed by atoms with Crippen molar-refractivity contribution in [2.24, 2.45) is 0 Å². The van der Waals surface area contributed by atoms with Gasteiger partial charge in [0.15, 0.2) is 6.10 Å². The highest BCUT2D eigenvalue weighted by Crippen LogP contribution is 2.08. The molecule has 16 heavy (non-hydrogen) atoms. The van der Waals surface area contributed by atoms with Crippen LogP contribution in [0, 0.1) is 0 Å². The molecule has 7 N–H and O–H groups in total. The number of aliphatic hydroxyl groups is 6. The smallest absolute Gasteiger partial charge is 0.251 e. The summed E-state index contributed by atoms with van der Waals surface area (Å²) in [6.45, 7) is -0.832. The maximum atomic E-state index is 10.9. The van der Waals surface area contributed by atoms with Crippen LogP contribution in [0.1, 0.15) is 0 Å². The van der Waals surface area contributed by atoms with Crippen LogP contribution in [0.15, 0.2) is 0 Å². The Hall–Kier alpha value is -0.770. The summed E-state index contributed by atoms with van der Waals surface area (Å²) in [5.74, 6) is -0.947. The average molecular weight is 239 g/mol. The van der Waals surface area contributed by atoms with E-state index in [2.05, 4.69) is 0 Å². The standard InChI is InChI=1S/C8H17NO7/c1-9-8(16)7(15)6(14)5(13)4(12)3(11)2-10/h3-7,10-15H,2H2,1H3,(H,9,16)/t3-,4-,5+,6-,7-/m1/s1. The van der Waals surface area contributed by atoms with Crippen molar-refractivity contribution in [1.29, 1.82) is 0 Å². The second kappa shape index (κ2) is 6.74. The lowest BCUT2D eigenvalue weighted by atomic mass is 9.99. The summed E-state index contributed by atoms with van der Waals surface area (Å²) in [5.41, 5.74) is 0. The number of nitrogens with one attached hydrogen (secondary N) is 1. The van der Waals surface area contributed by atoms with E-state index in [1.807, 2.05) is 5.32 Å². The van der Waals surface area contributed by atoms with Crippen LogP contribution in [0.3, 0.4) is 0 Å². The Labute approximate surface area is 91.8 Å². The van der Waals surface area contributed by atoms with Crippen LogP contribution < -0.4 is 5.32 Å². The van der Waals surface area contributed by atoms with Gasteiger partial charge < -0.3 is 36.0 Å². The van der Waals surface area contributed by atoms with E-state index in [0.29, 0.717) is 0 Å². The summed E-state index contributed by atoms with van der Waals surface area (Å²) < 4.78 is 0. The van der Waals surface area contributed by atoms with Crippen LogP contribution in [0.25, 0.3) is 0 Å². The van der Waals surface area contributed by atoms with E-state index in [0.717, 1.165) is 0 Å². The predicted octanol–water partition coefficient (Wildman–Crippen LogP) is -4.47. The van der Waals surface area contributed by atoms with Crippen LogP contribution in [-0.4, -0.2) is 80.7 Å². The summed E-state index contributed by atoms with van der Waals surface area (Å²) in [7, 11) is 1.21. The van der Waals surface area contributed by atoms with Crippen molar-refractivity contribution in [2.75, 3.05) is 13.7 Å². The second-order valence-electron chi connectivity index (χ2n) is 3.28. The molecule has 0 fully saturated rings. The number of hydrogen-bond donors (Lipinski definition) is 7. The first kappa shape index (κ1) is 15.2. The molecular weight excluding hydrogens is 222 g/mol. The molecule has 8 heteroatoms. The molecule has 0 radical (unpaired) electrons. The Kier molecular flexibility index (Phi) is 6.41. The number of likely N-dealkylation sites (N-methyl/N-ethyl adjacent to an activating group) is 1. The molecule has 0 saturated heterocycles. The van der Waals surface area contributed by atoms with Crippen LogP contribution in [0.2, 0.25) is 0 Å². The zero-order valence-corrected chi connectivity index (χ0v) is 8.69. The highest BCUT2D eigenvalue weighted by atomic mass is 16.4. The molecule has 5 atom stereocenters. The van der Waals surface area contributed by atoms with Crippen molar-refractivity contribution in [1.82, 2.24) is 5.32 Å². The molecule has 0 aliphatic rings. The third-order valence-electron chi connectivity index (χ3n) is 2.12. The number of aliphatic hydroxyl groups excluding tert-OH is 6. The van der Waals surface area contributed by atoms with Crippen molar-refractivity contribution < 1.29 is 35.4 Å². The molecule has 8 nitrogen and oxygen atoms in total. The van der Waals surface area contributed by atoms with E-state index in [4.69, 9.17) is 10.2 Å². The molecule has 0 aliphatic heterocycles. The van der Waals surface area contributed by atoms with Gasteiger partial charge in [0.1, 0.15) is 24.4 Å². The molecule has 0 aromatic rings. The zero-order chi connectivity index (χ0) is 12.9. The fraction of sp³-hybridized carbons (Fsp3) is 0.875. The minimum atomic E-state index is -1.98. The Morgan fingerprint density at radius 1 is 1.06 bits per heavy atom. The molecule has 1 amide bonds. The van der Waals surface area contributed by atoms with Crippen LogP contribution in [-0.2, 0) is 4.79 Å². The number of carbonyl (C=O) groups excluding carboxylic acids is 1. The fourth-order valence-corrected chi connectivity index (χ4v) is 1.03. The Morgan fingerprint density at radius 2 is 1.56 bits per heavy atom. The Balaban J connectivity index is 4.47. The number of hydrogen-bond acceptors (Lipinski definition) is 7. The molecule has 0 rings (SSSR count). The highest BCUT2D eigenvalue weighted by Gasteiger charge is 2.36. The van der Waals surface area contributed by atoms with Gasteiger partial charge in [-0.15, -0.1) is 0 Å². The Morgan fingerprint density at radius 3 is 1.94 bits per heavy atom. The number of rotatable bonds is 6. The quantitative estimate of drug-likeness (QED) is 0.247. The maximum absolute atomic E-state index is 10.9. The van der Waals surface area contributed by atoms with Gasteiger partial charge in [-0.2, -0.15) is 0 Å².